The van der Waals surface area contributed by atoms with Gasteiger partial charge in [0, 0.05) is 37.5 Å². The van der Waals surface area contributed by atoms with Crippen LogP contribution >= 0.6 is 22.7 Å². The minimum absolute atomic E-state index is 0.0188. The Hall–Kier alpha value is -1.93. The third-order valence-electron chi connectivity index (χ3n) is 5.02. The van der Waals surface area contributed by atoms with Crippen molar-refractivity contribution in [2.75, 3.05) is 31.5 Å². The quantitative estimate of drug-likeness (QED) is 0.868. The molecule has 4 rings (SSSR count). The van der Waals surface area contributed by atoms with Crippen LogP contribution in [0.25, 0.3) is 10.6 Å². The van der Waals surface area contributed by atoms with E-state index in [0.29, 0.717) is 31.1 Å². The molecule has 26 heavy (non-hydrogen) atoms. The SMILES string of the molecule is O=C(Nc1nc(-c2cccs2)cs1)C1CCN(C(=O)N2CCCC2)CC1. The highest BCUT2D eigenvalue weighted by Gasteiger charge is 2.30. The number of hydrogen-bond acceptors (Lipinski definition) is 5. The Labute approximate surface area is 160 Å². The summed E-state index contributed by atoms with van der Waals surface area (Å²) in [6.45, 7) is 3.06. The van der Waals surface area contributed by atoms with Crippen molar-refractivity contribution in [3.63, 3.8) is 0 Å². The van der Waals surface area contributed by atoms with Crippen LogP contribution in [0.3, 0.4) is 0 Å². The van der Waals surface area contributed by atoms with Gasteiger partial charge in [0.15, 0.2) is 5.13 Å². The lowest BCUT2D eigenvalue weighted by molar-refractivity contribution is -0.121. The van der Waals surface area contributed by atoms with Crippen LogP contribution in [0.1, 0.15) is 25.7 Å². The number of piperidine rings is 1. The van der Waals surface area contributed by atoms with E-state index in [0.717, 1.165) is 36.5 Å². The molecule has 2 aliphatic rings. The Morgan fingerprint density at radius 1 is 1.08 bits per heavy atom. The van der Waals surface area contributed by atoms with Crippen LogP contribution in [0.4, 0.5) is 9.93 Å². The van der Waals surface area contributed by atoms with Gasteiger partial charge in [0.2, 0.25) is 5.91 Å². The maximum Gasteiger partial charge on any atom is 0.319 e. The maximum absolute atomic E-state index is 12.5. The second-order valence-corrected chi connectivity index (χ2v) is 8.55. The number of thiophene rings is 1. The fourth-order valence-electron chi connectivity index (χ4n) is 3.52. The van der Waals surface area contributed by atoms with Crippen LogP contribution in [-0.4, -0.2) is 52.9 Å². The van der Waals surface area contributed by atoms with Gasteiger partial charge >= 0.3 is 6.03 Å². The predicted octanol–water partition coefficient (Wildman–Crippen LogP) is 3.74. The van der Waals surface area contributed by atoms with E-state index in [4.69, 9.17) is 0 Å². The Morgan fingerprint density at radius 3 is 2.50 bits per heavy atom. The first-order valence-corrected chi connectivity index (χ1v) is 10.8. The molecule has 0 spiro atoms. The molecule has 0 radical (unpaired) electrons. The molecule has 0 saturated carbocycles. The molecular weight excluding hydrogens is 368 g/mol. The zero-order chi connectivity index (χ0) is 17.9. The second-order valence-electron chi connectivity index (χ2n) is 6.74. The fourth-order valence-corrected chi connectivity index (χ4v) is 4.99. The zero-order valence-electron chi connectivity index (χ0n) is 14.5. The number of hydrogen-bond donors (Lipinski definition) is 1. The number of aromatic nitrogens is 1. The molecular formula is C18H22N4O2S2. The first-order chi connectivity index (χ1) is 12.7. The van der Waals surface area contributed by atoms with E-state index < -0.39 is 0 Å². The predicted molar refractivity (Wildman–Crippen MR) is 105 cm³/mol. The Bertz CT molecular complexity index is 760. The van der Waals surface area contributed by atoms with Gasteiger partial charge in [-0.2, -0.15) is 0 Å². The van der Waals surface area contributed by atoms with Crippen LogP contribution < -0.4 is 5.32 Å². The molecule has 6 nitrogen and oxygen atoms in total. The summed E-state index contributed by atoms with van der Waals surface area (Å²) in [5, 5.41) is 7.59. The summed E-state index contributed by atoms with van der Waals surface area (Å²) < 4.78 is 0. The number of urea groups is 1. The van der Waals surface area contributed by atoms with Crippen LogP contribution in [0.2, 0.25) is 0 Å². The molecule has 0 atom stereocenters. The number of amides is 3. The highest BCUT2D eigenvalue weighted by molar-refractivity contribution is 7.16. The van der Waals surface area contributed by atoms with E-state index >= 15 is 0 Å². The molecule has 2 saturated heterocycles. The van der Waals surface area contributed by atoms with Gasteiger partial charge in [-0.05, 0) is 37.1 Å². The first kappa shape index (κ1) is 17.5. The summed E-state index contributed by atoms with van der Waals surface area (Å²) in [7, 11) is 0. The van der Waals surface area contributed by atoms with E-state index in [1.54, 1.807) is 11.3 Å². The van der Waals surface area contributed by atoms with E-state index in [9.17, 15) is 9.59 Å². The zero-order valence-corrected chi connectivity index (χ0v) is 16.2. The molecule has 1 N–H and O–H groups in total. The largest absolute Gasteiger partial charge is 0.325 e. The number of carbonyl (C=O) groups excluding carboxylic acids is 2. The number of carbonyl (C=O) groups is 2. The molecule has 2 aromatic rings. The van der Waals surface area contributed by atoms with Crippen molar-refractivity contribution in [2.24, 2.45) is 5.92 Å². The molecule has 0 aromatic carbocycles. The van der Waals surface area contributed by atoms with Gasteiger partial charge in [-0.3, -0.25) is 4.79 Å². The number of anilines is 1. The van der Waals surface area contributed by atoms with E-state index in [1.807, 2.05) is 32.7 Å². The summed E-state index contributed by atoms with van der Waals surface area (Å²) >= 11 is 3.09. The highest BCUT2D eigenvalue weighted by Crippen LogP contribution is 2.29. The van der Waals surface area contributed by atoms with Crippen molar-refractivity contribution in [1.29, 1.82) is 0 Å². The van der Waals surface area contributed by atoms with Crippen molar-refractivity contribution in [3.8, 4) is 10.6 Å². The Morgan fingerprint density at radius 2 is 1.81 bits per heavy atom. The third-order valence-corrected chi connectivity index (χ3v) is 6.67. The van der Waals surface area contributed by atoms with Crippen LogP contribution in [0, 0.1) is 5.92 Å². The van der Waals surface area contributed by atoms with Crippen LogP contribution in [0.5, 0.6) is 0 Å². The number of nitrogens with one attached hydrogen (secondary N) is 1. The molecule has 8 heteroatoms. The molecule has 0 aliphatic carbocycles. The standard InChI is InChI=1S/C18H22N4O2S2/c23-16(20-17-19-14(12-26-17)15-4-3-11-25-15)13-5-9-22(10-6-13)18(24)21-7-1-2-8-21/h3-4,11-13H,1-2,5-10H2,(H,19,20,23). The van der Waals surface area contributed by atoms with Crippen LogP contribution in [0.15, 0.2) is 22.9 Å². The number of rotatable bonds is 3. The number of nitrogens with zero attached hydrogens (tertiary/aromatic N) is 3. The van der Waals surface area contributed by atoms with Gasteiger partial charge in [0.05, 0.1) is 10.6 Å². The van der Waals surface area contributed by atoms with Crippen LogP contribution in [-0.2, 0) is 4.79 Å². The minimum atomic E-state index is -0.0493. The molecule has 4 heterocycles. The van der Waals surface area contributed by atoms with Crippen molar-refractivity contribution in [1.82, 2.24) is 14.8 Å². The van der Waals surface area contributed by atoms with Crippen molar-refractivity contribution in [3.05, 3.63) is 22.9 Å². The molecule has 0 bridgehead atoms. The van der Waals surface area contributed by atoms with E-state index in [-0.39, 0.29) is 17.9 Å². The Balaban J connectivity index is 1.29. The summed E-state index contributed by atoms with van der Waals surface area (Å²) in [6, 6.07) is 4.16. The molecule has 138 valence electrons. The number of thiazole rings is 1. The molecule has 0 unspecified atom stereocenters. The van der Waals surface area contributed by atoms with Gasteiger partial charge in [-0.15, -0.1) is 22.7 Å². The van der Waals surface area contributed by atoms with Crippen molar-refractivity contribution < 1.29 is 9.59 Å². The van der Waals surface area contributed by atoms with Gasteiger partial charge in [-0.25, -0.2) is 9.78 Å². The lowest BCUT2D eigenvalue weighted by atomic mass is 9.96. The van der Waals surface area contributed by atoms with Crippen molar-refractivity contribution in [2.45, 2.75) is 25.7 Å². The normalized spacial score (nSPS) is 18.3. The molecule has 2 aromatic heterocycles. The van der Waals surface area contributed by atoms with E-state index in [2.05, 4.69) is 10.3 Å². The first-order valence-electron chi connectivity index (χ1n) is 9.05. The van der Waals surface area contributed by atoms with E-state index in [1.165, 1.54) is 11.3 Å². The van der Waals surface area contributed by atoms with Crippen molar-refractivity contribution >= 4 is 39.7 Å². The minimum Gasteiger partial charge on any atom is -0.325 e. The second kappa shape index (κ2) is 7.75. The maximum atomic E-state index is 12.5. The molecule has 3 amide bonds. The fraction of sp³-hybridized carbons (Fsp3) is 0.500. The lowest BCUT2D eigenvalue weighted by Crippen LogP contribution is -2.47. The van der Waals surface area contributed by atoms with Gasteiger partial charge in [-0.1, -0.05) is 6.07 Å². The molecule has 2 fully saturated rings. The average molecular weight is 391 g/mol. The lowest BCUT2D eigenvalue weighted by Gasteiger charge is -2.33. The summed E-state index contributed by atoms with van der Waals surface area (Å²) in [5.41, 5.74) is 0.909. The Kier molecular flexibility index (Phi) is 5.21. The topological polar surface area (TPSA) is 65.5 Å². The molecule has 2 aliphatic heterocycles. The summed E-state index contributed by atoms with van der Waals surface area (Å²) in [5.74, 6) is -0.0305. The van der Waals surface area contributed by atoms with Gasteiger partial charge in [0.25, 0.3) is 0 Å². The summed E-state index contributed by atoms with van der Waals surface area (Å²) in [4.78, 5) is 34.4. The third kappa shape index (κ3) is 3.76. The van der Waals surface area contributed by atoms with Gasteiger partial charge < -0.3 is 15.1 Å². The monoisotopic (exact) mass is 390 g/mol. The smallest absolute Gasteiger partial charge is 0.319 e. The average Bonchev–Trinajstić information content (AvgIpc) is 3.42. The number of likely N-dealkylation sites (tertiary alicyclic amines) is 2. The van der Waals surface area contributed by atoms with Gasteiger partial charge in [0.1, 0.15) is 0 Å². The summed E-state index contributed by atoms with van der Waals surface area (Å²) in [6.07, 6.45) is 3.64. The highest BCUT2D eigenvalue weighted by atomic mass is 32.1.